The third kappa shape index (κ3) is 5.31. The average molecular weight is 336 g/mol. The van der Waals surface area contributed by atoms with Crippen molar-refractivity contribution in [3.63, 3.8) is 0 Å². The highest BCUT2D eigenvalue weighted by Gasteiger charge is 2.16. The first-order valence-electron chi connectivity index (χ1n) is 7.24. The monoisotopic (exact) mass is 336 g/mol. The van der Waals surface area contributed by atoms with Crippen molar-refractivity contribution in [1.29, 1.82) is 0 Å². The smallest absolute Gasteiger partial charge is 0.233 e. The standard InChI is InChI=1S/C15H20N4OS2/c1-3-16-14-18-19-15(22-14)21-11(2)13(20)17-10-9-12-7-5-4-6-8-12/h4-8,11H,3,9-10H2,1-2H3,(H,16,18)(H,17,20). The van der Waals surface area contributed by atoms with Crippen molar-refractivity contribution < 1.29 is 4.79 Å². The molecule has 0 radical (unpaired) electrons. The first-order valence-corrected chi connectivity index (χ1v) is 8.94. The van der Waals surface area contributed by atoms with Gasteiger partial charge in [-0.2, -0.15) is 0 Å². The number of aromatic nitrogens is 2. The van der Waals surface area contributed by atoms with Gasteiger partial charge in [-0.3, -0.25) is 4.79 Å². The van der Waals surface area contributed by atoms with Crippen molar-refractivity contribution in [3.8, 4) is 0 Å². The van der Waals surface area contributed by atoms with Gasteiger partial charge in [-0.15, -0.1) is 10.2 Å². The lowest BCUT2D eigenvalue weighted by Gasteiger charge is -2.10. The molecule has 0 saturated heterocycles. The second kappa shape index (κ2) is 8.75. The summed E-state index contributed by atoms with van der Waals surface area (Å²) in [4.78, 5) is 12.1. The molecule has 1 heterocycles. The topological polar surface area (TPSA) is 66.9 Å². The van der Waals surface area contributed by atoms with Crippen LogP contribution in [0.3, 0.4) is 0 Å². The Hall–Kier alpha value is -1.60. The molecule has 0 aliphatic carbocycles. The summed E-state index contributed by atoms with van der Waals surface area (Å²) in [6, 6.07) is 10.1. The highest BCUT2D eigenvalue weighted by molar-refractivity contribution is 8.02. The minimum Gasteiger partial charge on any atom is -0.360 e. The maximum absolute atomic E-state index is 12.1. The lowest BCUT2D eigenvalue weighted by Crippen LogP contribution is -2.32. The number of thioether (sulfide) groups is 1. The van der Waals surface area contributed by atoms with Crippen LogP contribution in [0.25, 0.3) is 0 Å². The zero-order valence-electron chi connectivity index (χ0n) is 12.7. The van der Waals surface area contributed by atoms with Gasteiger partial charge in [0.15, 0.2) is 4.34 Å². The van der Waals surface area contributed by atoms with Crippen LogP contribution in [0.2, 0.25) is 0 Å². The molecule has 1 amide bonds. The summed E-state index contributed by atoms with van der Waals surface area (Å²) in [6.45, 7) is 5.36. The van der Waals surface area contributed by atoms with Crippen LogP contribution < -0.4 is 10.6 Å². The van der Waals surface area contributed by atoms with Crippen LogP contribution in [-0.4, -0.2) is 34.4 Å². The fraction of sp³-hybridized carbons (Fsp3) is 0.400. The summed E-state index contributed by atoms with van der Waals surface area (Å²) in [7, 11) is 0. The van der Waals surface area contributed by atoms with Gasteiger partial charge in [0.25, 0.3) is 0 Å². The van der Waals surface area contributed by atoms with Crippen LogP contribution >= 0.6 is 23.1 Å². The molecule has 0 bridgehead atoms. The van der Waals surface area contributed by atoms with Crippen LogP contribution in [0.4, 0.5) is 5.13 Å². The zero-order valence-corrected chi connectivity index (χ0v) is 14.3. The van der Waals surface area contributed by atoms with E-state index in [-0.39, 0.29) is 11.2 Å². The molecule has 7 heteroatoms. The Balaban J connectivity index is 1.74. The minimum atomic E-state index is -0.182. The molecule has 5 nitrogen and oxygen atoms in total. The Morgan fingerprint density at radius 1 is 1.32 bits per heavy atom. The van der Waals surface area contributed by atoms with Crippen LogP contribution in [0.15, 0.2) is 34.7 Å². The van der Waals surface area contributed by atoms with Gasteiger partial charge < -0.3 is 10.6 Å². The number of amides is 1. The predicted molar refractivity (Wildman–Crippen MR) is 92.5 cm³/mol. The van der Waals surface area contributed by atoms with Crippen molar-refractivity contribution in [2.24, 2.45) is 0 Å². The molecular formula is C15H20N4OS2. The van der Waals surface area contributed by atoms with E-state index in [1.54, 1.807) is 0 Å². The van der Waals surface area contributed by atoms with E-state index >= 15 is 0 Å². The number of anilines is 1. The summed E-state index contributed by atoms with van der Waals surface area (Å²) in [5.74, 6) is 0.0288. The lowest BCUT2D eigenvalue weighted by molar-refractivity contribution is -0.120. The Labute approximate surface area is 138 Å². The molecule has 0 fully saturated rings. The van der Waals surface area contributed by atoms with E-state index in [0.29, 0.717) is 6.54 Å². The van der Waals surface area contributed by atoms with Gasteiger partial charge in [-0.1, -0.05) is 53.4 Å². The molecule has 2 N–H and O–H groups in total. The normalized spacial score (nSPS) is 11.9. The number of hydrogen-bond acceptors (Lipinski definition) is 6. The molecule has 0 aliphatic heterocycles. The van der Waals surface area contributed by atoms with Gasteiger partial charge in [0.1, 0.15) is 0 Å². The van der Waals surface area contributed by atoms with E-state index in [4.69, 9.17) is 0 Å². The van der Waals surface area contributed by atoms with Crippen molar-refractivity contribution in [1.82, 2.24) is 15.5 Å². The van der Waals surface area contributed by atoms with Crippen LogP contribution in [-0.2, 0) is 11.2 Å². The molecule has 118 valence electrons. The summed E-state index contributed by atoms with van der Waals surface area (Å²) >= 11 is 2.91. The molecule has 2 aromatic rings. The fourth-order valence-corrected chi connectivity index (χ4v) is 3.79. The number of carbonyl (C=O) groups is 1. The largest absolute Gasteiger partial charge is 0.360 e. The summed E-state index contributed by atoms with van der Waals surface area (Å²) in [6.07, 6.45) is 0.841. The van der Waals surface area contributed by atoms with Gasteiger partial charge in [-0.05, 0) is 25.8 Å². The van der Waals surface area contributed by atoms with E-state index in [0.717, 1.165) is 22.4 Å². The summed E-state index contributed by atoms with van der Waals surface area (Å²) in [5.41, 5.74) is 1.22. The van der Waals surface area contributed by atoms with Gasteiger partial charge in [-0.25, -0.2) is 0 Å². The van der Waals surface area contributed by atoms with Gasteiger partial charge in [0.2, 0.25) is 11.0 Å². The Bertz CT molecular complexity index is 588. The number of nitrogens with zero attached hydrogens (tertiary/aromatic N) is 2. The molecule has 0 spiro atoms. The quantitative estimate of drug-likeness (QED) is 0.726. The summed E-state index contributed by atoms with van der Waals surface area (Å²) < 4.78 is 0.807. The first-order chi connectivity index (χ1) is 10.7. The predicted octanol–water partition coefficient (Wildman–Crippen LogP) is 2.81. The maximum Gasteiger partial charge on any atom is 0.233 e. The van der Waals surface area contributed by atoms with Gasteiger partial charge >= 0.3 is 0 Å². The Kier molecular flexibility index (Phi) is 6.67. The minimum absolute atomic E-state index is 0.0288. The van der Waals surface area contributed by atoms with Crippen molar-refractivity contribution in [3.05, 3.63) is 35.9 Å². The van der Waals surface area contributed by atoms with E-state index in [9.17, 15) is 4.79 Å². The third-order valence-corrected chi connectivity index (χ3v) is 5.00. The molecule has 1 unspecified atom stereocenters. The number of carbonyl (C=O) groups excluding carboxylic acids is 1. The molecule has 1 aromatic heterocycles. The lowest BCUT2D eigenvalue weighted by atomic mass is 10.1. The number of rotatable bonds is 8. The highest BCUT2D eigenvalue weighted by atomic mass is 32.2. The molecule has 1 aromatic carbocycles. The van der Waals surface area contributed by atoms with Crippen LogP contribution in [0.5, 0.6) is 0 Å². The van der Waals surface area contributed by atoms with E-state index in [1.165, 1.54) is 28.7 Å². The van der Waals surface area contributed by atoms with Crippen molar-refractivity contribution >= 4 is 34.1 Å². The Morgan fingerprint density at radius 3 is 2.82 bits per heavy atom. The molecule has 0 aliphatic rings. The van der Waals surface area contributed by atoms with Gasteiger partial charge in [0.05, 0.1) is 5.25 Å². The molecule has 2 rings (SSSR count). The van der Waals surface area contributed by atoms with Crippen LogP contribution in [0.1, 0.15) is 19.4 Å². The maximum atomic E-state index is 12.1. The average Bonchev–Trinajstić information content (AvgIpc) is 2.96. The SMILES string of the molecule is CCNc1nnc(SC(C)C(=O)NCCc2ccccc2)s1. The highest BCUT2D eigenvalue weighted by Crippen LogP contribution is 2.28. The van der Waals surface area contributed by atoms with Crippen molar-refractivity contribution in [2.45, 2.75) is 29.9 Å². The molecule has 0 saturated carbocycles. The summed E-state index contributed by atoms with van der Waals surface area (Å²) in [5, 5.41) is 14.8. The Morgan fingerprint density at radius 2 is 2.09 bits per heavy atom. The molecule has 22 heavy (non-hydrogen) atoms. The second-order valence-corrected chi connectivity index (χ2v) is 7.26. The van der Waals surface area contributed by atoms with Gasteiger partial charge in [0, 0.05) is 13.1 Å². The first kappa shape index (κ1) is 16.8. The van der Waals surface area contributed by atoms with E-state index in [1.807, 2.05) is 32.0 Å². The number of hydrogen-bond donors (Lipinski definition) is 2. The molecule has 1 atom stereocenters. The van der Waals surface area contributed by atoms with Crippen molar-refractivity contribution in [2.75, 3.05) is 18.4 Å². The number of benzene rings is 1. The van der Waals surface area contributed by atoms with E-state index < -0.39 is 0 Å². The molecular weight excluding hydrogens is 316 g/mol. The number of nitrogens with one attached hydrogen (secondary N) is 2. The zero-order chi connectivity index (χ0) is 15.8. The van der Waals surface area contributed by atoms with Crippen LogP contribution in [0, 0.1) is 0 Å². The third-order valence-electron chi connectivity index (χ3n) is 2.94. The fourth-order valence-electron chi connectivity index (χ4n) is 1.80. The van der Waals surface area contributed by atoms with E-state index in [2.05, 4.69) is 33.0 Å². The second-order valence-electron chi connectivity index (χ2n) is 4.69.